The van der Waals surface area contributed by atoms with Crippen molar-refractivity contribution in [2.75, 3.05) is 20.8 Å². The van der Waals surface area contributed by atoms with E-state index in [9.17, 15) is 9.59 Å². The SMILES string of the molecule is CCn1c(=O)n(CCC(=O)N2CCCC2c2ccc(OC)c(OC)c2)c2ccccc21. The monoisotopic (exact) mass is 423 g/mol. The summed E-state index contributed by atoms with van der Waals surface area (Å²) < 4.78 is 14.2. The third kappa shape index (κ3) is 3.80. The van der Waals surface area contributed by atoms with Crippen LogP contribution in [-0.4, -0.2) is 40.7 Å². The lowest BCUT2D eigenvalue weighted by Gasteiger charge is -2.26. The van der Waals surface area contributed by atoms with Crippen LogP contribution in [0.4, 0.5) is 0 Å². The molecule has 4 rings (SSSR count). The first-order valence-electron chi connectivity index (χ1n) is 10.8. The van der Waals surface area contributed by atoms with E-state index in [0.717, 1.165) is 36.0 Å². The summed E-state index contributed by atoms with van der Waals surface area (Å²) in [5, 5.41) is 0. The maximum absolute atomic E-state index is 13.2. The molecule has 3 aromatic rings. The fourth-order valence-electron chi connectivity index (χ4n) is 4.62. The molecule has 1 aliphatic rings. The summed E-state index contributed by atoms with van der Waals surface area (Å²) in [6.45, 7) is 3.67. The molecular weight excluding hydrogens is 394 g/mol. The van der Waals surface area contributed by atoms with E-state index in [1.165, 1.54) is 0 Å². The number of methoxy groups -OCH3 is 2. The van der Waals surface area contributed by atoms with Crippen molar-refractivity contribution in [2.24, 2.45) is 0 Å². The molecule has 0 N–H and O–H groups in total. The molecule has 0 radical (unpaired) electrons. The van der Waals surface area contributed by atoms with Gasteiger partial charge in [-0.05, 0) is 49.6 Å². The first-order chi connectivity index (χ1) is 15.1. The highest BCUT2D eigenvalue weighted by Gasteiger charge is 2.30. The van der Waals surface area contributed by atoms with Crippen LogP contribution in [0.3, 0.4) is 0 Å². The van der Waals surface area contributed by atoms with Gasteiger partial charge < -0.3 is 14.4 Å². The summed E-state index contributed by atoms with van der Waals surface area (Å²) in [7, 11) is 3.23. The molecule has 0 saturated carbocycles. The highest BCUT2D eigenvalue weighted by molar-refractivity contribution is 5.78. The highest BCUT2D eigenvalue weighted by atomic mass is 16.5. The number of hydrogen-bond donors (Lipinski definition) is 0. The standard InChI is InChI=1S/C24H29N3O4/c1-4-25-19-8-5-6-9-20(19)27(24(25)29)15-13-23(28)26-14-7-10-18(26)17-11-12-21(30-2)22(16-17)31-3/h5-6,8-9,11-12,16,18H,4,7,10,13-15H2,1-3H3. The number of hydrogen-bond acceptors (Lipinski definition) is 4. The van der Waals surface area contributed by atoms with Crippen molar-refractivity contribution in [2.45, 2.75) is 45.3 Å². The van der Waals surface area contributed by atoms with Crippen molar-refractivity contribution in [1.82, 2.24) is 14.0 Å². The van der Waals surface area contributed by atoms with E-state index in [-0.39, 0.29) is 17.6 Å². The molecule has 1 fully saturated rings. The first kappa shape index (κ1) is 21.0. The van der Waals surface area contributed by atoms with Crippen LogP contribution in [0.15, 0.2) is 47.3 Å². The minimum atomic E-state index is -0.0608. The van der Waals surface area contributed by atoms with Gasteiger partial charge in [0.25, 0.3) is 0 Å². The van der Waals surface area contributed by atoms with Gasteiger partial charge in [-0.1, -0.05) is 18.2 Å². The number of para-hydroxylation sites is 2. The number of nitrogens with zero attached hydrogens (tertiary/aromatic N) is 3. The molecule has 7 nitrogen and oxygen atoms in total. The Morgan fingerprint density at radius 3 is 2.42 bits per heavy atom. The molecule has 0 aliphatic carbocycles. The zero-order valence-electron chi connectivity index (χ0n) is 18.3. The van der Waals surface area contributed by atoms with Gasteiger partial charge >= 0.3 is 5.69 Å². The number of likely N-dealkylation sites (tertiary alicyclic amines) is 1. The third-order valence-corrected chi connectivity index (χ3v) is 6.16. The number of rotatable bonds is 7. The van der Waals surface area contributed by atoms with E-state index in [1.54, 1.807) is 23.4 Å². The van der Waals surface area contributed by atoms with E-state index in [0.29, 0.717) is 31.0 Å². The van der Waals surface area contributed by atoms with Gasteiger partial charge in [0.15, 0.2) is 11.5 Å². The van der Waals surface area contributed by atoms with E-state index < -0.39 is 0 Å². The van der Waals surface area contributed by atoms with Gasteiger partial charge in [0.2, 0.25) is 5.91 Å². The highest BCUT2D eigenvalue weighted by Crippen LogP contribution is 2.37. The summed E-state index contributed by atoms with van der Waals surface area (Å²) in [6, 6.07) is 13.6. The molecule has 1 saturated heterocycles. The summed E-state index contributed by atoms with van der Waals surface area (Å²) in [6.07, 6.45) is 2.16. The molecular formula is C24H29N3O4. The zero-order chi connectivity index (χ0) is 22.0. The number of carbonyl (C=O) groups is 1. The van der Waals surface area contributed by atoms with Crippen LogP contribution in [0.25, 0.3) is 11.0 Å². The Bertz CT molecular complexity index is 1150. The predicted octanol–water partition coefficient (Wildman–Crippen LogP) is 3.59. The Morgan fingerprint density at radius 1 is 1.03 bits per heavy atom. The quantitative estimate of drug-likeness (QED) is 0.583. The molecule has 31 heavy (non-hydrogen) atoms. The smallest absolute Gasteiger partial charge is 0.329 e. The van der Waals surface area contributed by atoms with Crippen molar-refractivity contribution in [1.29, 1.82) is 0 Å². The minimum Gasteiger partial charge on any atom is -0.493 e. The Morgan fingerprint density at radius 2 is 1.74 bits per heavy atom. The fourth-order valence-corrected chi connectivity index (χ4v) is 4.62. The maximum atomic E-state index is 13.2. The summed E-state index contributed by atoms with van der Waals surface area (Å²) in [5.74, 6) is 1.41. The fraction of sp³-hybridized carbons (Fsp3) is 0.417. The molecule has 1 unspecified atom stereocenters. The van der Waals surface area contributed by atoms with E-state index in [1.807, 2.05) is 54.3 Å². The molecule has 7 heteroatoms. The molecule has 1 aliphatic heterocycles. The lowest BCUT2D eigenvalue weighted by molar-refractivity contribution is -0.132. The minimum absolute atomic E-state index is 0.0148. The van der Waals surface area contributed by atoms with Gasteiger partial charge in [-0.15, -0.1) is 0 Å². The van der Waals surface area contributed by atoms with Crippen molar-refractivity contribution in [3.63, 3.8) is 0 Å². The maximum Gasteiger partial charge on any atom is 0.329 e. The molecule has 1 atom stereocenters. The van der Waals surface area contributed by atoms with Gasteiger partial charge in [0, 0.05) is 26.1 Å². The van der Waals surface area contributed by atoms with Crippen LogP contribution in [0, 0.1) is 0 Å². The Kier molecular flexibility index (Phi) is 6.02. The number of fused-ring (bicyclic) bond motifs is 1. The zero-order valence-corrected chi connectivity index (χ0v) is 18.3. The Balaban J connectivity index is 1.54. The van der Waals surface area contributed by atoms with Crippen LogP contribution >= 0.6 is 0 Å². The number of amides is 1. The Hall–Kier alpha value is -3.22. The van der Waals surface area contributed by atoms with Crippen LogP contribution in [0.2, 0.25) is 0 Å². The van der Waals surface area contributed by atoms with Crippen molar-refractivity contribution < 1.29 is 14.3 Å². The summed E-state index contributed by atoms with van der Waals surface area (Å²) >= 11 is 0. The Labute approximate surface area is 181 Å². The second-order valence-electron chi connectivity index (χ2n) is 7.78. The van der Waals surface area contributed by atoms with Crippen LogP contribution in [0.1, 0.15) is 37.8 Å². The molecule has 1 aromatic heterocycles. The number of benzene rings is 2. The number of carbonyl (C=O) groups excluding carboxylic acids is 1. The van der Waals surface area contributed by atoms with Gasteiger partial charge in [-0.2, -0.15) is 0 Å². The van der Waals surface area contributed by atoms with Crippen molar-refractivity contribution in [3.8, 4) is 11.5 Å². The van der Waals surface area contributed by atoms with Crippen LogP contribution in [0.5, 0.6) is 11.5 Å². The molecule has 1 amide bonds. The number of aromatic nitrogens is 2. The first-order valence-corrected chi connectivity index (χ1v) is 10.8. The molecule has 2 aromatic carbocycles. The largest absolute Gasteiger partial charge is 0.493 e. The predicted molar refractivity (Wildman–Crippen MR) is 120 cm³/mol. The van der Waals surface area contributed by atoms with Gasteiger partial charge in [0.05, 0.1) is 31.3 Å². The van der Waals surface area contributed by atoms with Gasteiger partial charge in [-0.3, -0.25) is 13.9 Å². The van der Waals surface area contributed by atoms with Crippen LogP contribution in [-0.2, 0) is 17.9 Å². The van der Waals surface area contributed by atoms with Crippen molar-refractivity contribution >= 4 is 16.9 Å². The van der Waals surface area contributed by atoms with Crippen LogP contribution < -0.4 is 15.2 Å². The van der Waals surface area contributed by atoms with Gasteiger partial charge in [-0.25, -0.2) is 4.79 Å². The average molecular weight is 424 g/mol. The molecule has 2 heterocycles. The van der Waals surface area contributed by atoms with E-state index in [2.05, 4.69) is 0 Å². The molecule has 164 valence electrons. The topological polar surface area (TPSA) is 65.7 Å². The van der Waals surface area contributed by atoms with Crippen molar-refractivity contribution in [3.05, 3.63) is 58.5 Å². The van der Waals surface area contributed by atoms with E-state index in [4.69, 9.17) is 9.47 Å². The average Bonchev–Trinajstić information content (AvgIpc) is 3.39. The summed E-state index contributed by atoms with van der Waals surface area (Å²) in [4.78, 5) is 27.9. The third-order valence-electron chi connectivity index (χ3n) is 6.16. The van der Waals surface area contributed by atoms with Gasteiger partial charge in [0.1, 0.15) is 0 Å². The normalized spacial score (nSPS) is 16.1. The molecule has 0 bridgehead atoms. The number of ether oxygens (including phenoxy) is 2. The second-order valence-corrected chi connectivity index (χ2v) is 7.78. The molecule has 0 spiro atoms. The van der Waals surface area contributed by atoms with E-state index >= 15 is 0 Å². The lowest BCUT2D eigenvalue weighted by atomic mass is 10.0. The second kappa shape index (κ2) is 8.88. The lowest BCUT2D eigenvalue weighted by Crippen LogP contribution is -2.32. The number of imidazole rings is 1. The number of aryl methyl sites for hydroxylation is 2. The summed E-state index contributed by atoms with van der Waals surface area (Å²) in [5.41, 5.74) is 2.77.